The molecule has 0 aromatic rings. The van der Waals surface area contributed by atoms with Crippen molar-refractivity contribution in [2.24, 2.45) is 0 Å². The van der Waals surface area contributed by atoms with E-state index < -0.39 is 0 Å². The molecule has 0 aliphatic carbocycles. The van der Waals surface area contributed by atoms with E-state index >= 15 is 0 Å². The van der Waals surface area contributed by atoms with Gasteiger partial charge in [0.05, 0.1) is 0 Å². The van der Waals surface area contributed by atoms with Crippen LogP contribution in [0, 0.1) is 0 Å². The fraction of sp³-hybridized carbons (Fsp3) is 0.833. The smallest absolute Gasteiger partial charge is 0.0465 e. The predicted molar refractivity (Wildman–Crippen MR) is 69.8 cm³/mol. The molecule has 0 N–H and O–H groups in total. The lowest BCUT2D eigenvalue weighted by Crippen LogP contribution is -2.27. The first-order valence-electron chi connectivity index (χ1n) is 6.06. The monoisotopic (exact) mass is 213 g/mol. The molecule has 0 amide bonds. The molecule has 2 heteroatoms. The lowest BCUT2D eigenvalue weighted by molar-refractivity contribution is 0.289. The lowest BCUT2D eigenvalue weighted by atomic mass is 10.3. The summed E-state index contributed by atoms with van der Waals surface area (Å²) in [4.78, 5) is 2.62. The Bertz CT molecular complexity index is 144. The summed E-state index contributed by atoms with van der Waals surface area (Å²) in [5.41, 5.74) is 3.99. The third-order valence-corrected chi connectivity index (χ3v) is 4.14. The van der Waals surface area contributed by atoms with Gasteiger partial charge in [-0.15, -0.1) is 5.70 Å². The van der Waals surface area contributed by atoms with E-state index in [4.69, 9.17) is 0 Å². The SMILES string of the molecule is CCCN(CCC)CC[SiH2]C=C(C)C. The molecule has 0 fully saturated rings. The summed E-state index contributed by atoms with van der Waals surface area (Å²) in [5, 5.41) is 0. The van der Waals surface area contributed by atoms with Crippen LogP contribution in [0.1, 0.15) is 40.5 Å². The average molecular weight is 213 g/mol. The summed E-state index contributed by atoms with van der Waals surface area (Å²) >= 11 is 0. The molecule has 0 aromatic carbocycles. The standard InChI is InChI=1S/C12H27NSi/c1-5-7-13(8-6-2)9-10-14-11-12(3)4/h11H,5-10,14H2,1-4H3. The summed E-state index contributed by atoms with van der Waals surface area (Å²) < 4.78 is 0. The van der Waals surface area contributed by atoms with Gasteiger partial charge in [0.2, 0.25) is 0 Å². The Balaban J connectivity index is 3.54. The molecule has 84 valence electrons. The van der Waals surface area contributed by atoms with Gasteiger partial charge >= 0.3 is 0 Å². The Morgan fingerprint density at radius 1 is 1.07 bits per heavy atom. The molecular formula is C12H27NSi. The van der Waals surface area contributed by atoms with E-state index in [1.54, 1.807) is 0 Å². The van der Waals surface area contributed by atoms with Gasteiger partial charge in [0.1, 0.15) is 0 Å². The van der Waals surface area contributed by atoms with Gasteiger partial charge in [0.25, 0.3) is 0 Å². The highest BCUT2D eigenvalue weighted by molar-refractivity contribution is 6.42. The minimum atomic E-state index is 0.0834. The summed E-state index contributed by atoms with van der Waals surface area (Å²) in [5.74, 6) is 0. The average Bonchev–Trinajstić information content (AvgIpc) is 2.12. The van der Waals surface area contributed by atoms with Crippen molar-refractivity contribution in [1.82, 2.24) is 4.90 Å². The minimum absolute atomic E-state index is 0.0834. The minimum Gasteiger partial charge on any atom is -0.304 e. The highest BCUT2D eigenvalue weighted by Gasteiger charge is 2.00. The molecule has 0 heterocycles. The van der Waals surface area contributed by atoms with Gasteiger partial charge < -0.3 is 4.90 Å². The van der Waals surface area contributed by atoms with Crippen molar-refractivity contribution in [1.29, 1.82) is 0 Å². The van der Waals surface area contributed by atoms with E-state index in [0.29, 0.717) is 0 Å². The fourth-order valence-electron chi connectivity index (χ4n) is 1.67. The maximum absolute atomic E-state index is 2.62. The molecule has 0 unspecified atom stereocenters. The van der Waals surface area contributed by atoms with E-state index in [1.165, 1.54) is 44.1 Å². The van der Waals surface area contributed by atoms with Crippen molar-refractivity contribution >= 4 is 9.52 Å². The van der Waals surface area contributed by atoms with E-state index in [1.807, 2.05) is 0 Å². The summed E-state index contributed by atoms with van der Waals surface area (Å²) in [6.45, 7) is 12.9. The molecule has 14 heavy (non-hydrogen) atoms. The molecule has 0 spiro atoms. The van der Waals surface area contributed by atoms with Crippen molar-refractivity contribution in [3.8, 4) is 0 Å². The molecule has 0 radical (unpaired) electrons. The first-order valence-corrected chi connectivity index (χ1v) is 7.88. The van der Waals surface area contributed by atoms with Gasteiger partial charge in [0.15, 0.2) is 0 Å². The highest BCUT2D eigenvalue weighted by atomic mass is 28.2. The molecule has 0 bridgehead atoms. The van der Waals surface area contributed by atoms with Gasteiger partial charge in [-0.3, -0.25) is 0 Å². The van der Waals surface area contributed by atoms with Crippen molar-refractivity contribution in [3.05, 3.63) is 11.3 Å². The third kappa shape index (κ3) is 8.51. The molecule has 1 nitrogen and oxygen atoms in total. The molecule has 0 saturated heterocycles. The highest BCUT2D eigenvalue weighted by Crippen LogP contribution is 1.97. The molecule has 0 aliphatic heterocycles. The maximum atomic E-state index is 2.62. The largest absolute Gasteiger partial charge is 0.304 e. The molecule has 0 aromatic heterocycles. The van der Waals surface area contributed by atoms with Crippen LogP contribution in [-0.4, -0.2) is 34.1 Å². The zero-order valence-corrected chi connectivity index (χ0v) is 11.9. The number of hydrogen-bond donors (Lipinski definition) is 0. The van der Waals surface area contributed by atoms with Gasteiger partial charge in [-0.25, -0.2) is 0 Å². The van der Waals surface area contributed by atoms with Crippen LogP contribution in [0.2, 0.25) is 6.04 Å². The lowest BCUT2D eigenvalue weighted by Gasteiger charge is -2.20. The zero-order chi connectivity index (χ0) is 10.8. The normalized spacial score (nSPS) is 11.5. The first-order chi connectivity index (χ1) is 6.70. The Morgan fingerprint density at radius 2 is 1.64 bits per heavy atom. The van der Waals surface area contributed by atoms with E-state index in [9.17, 15) is 0 Å². The van der Waals surface area contributed by atoms with Crippen LogP contribution in [0.15, 0.2) is 11.3 Å². The Hall–Kier alpha value is -0.0831. The third-order valence-electron chi connectivity index (χ3n) is 2.31. The second kappa shape index (κ2) is 9.47. The van der Waals surface area contributed by atoms with E-state index in [-0.39, 0.29) is 9.52 Å². The molecular weight excluding hydrogens is 186 g/mol. The molecule has 0 rings (SSSR count). The quantitative estimate of drug-likeness (QED) is 0.442. The number of allylic oxidation sites excluding steroid dienone is 1. The van der Waals surface area contributed by atoms with E-state index in [2.05, 4.69) is 38.3 Å². The second-order valence-electron chi connectivity index (χ2n) is 4.27. The van der Waals surface area contributed by atoms with Gasteiger partial charge in [-0.1, -0.05) is 19.4 Å². The maximum Gasteiger partial charge on any atom is 0.0465 e. The predicted octanol–water partition coefficient (Wildman–Crippen LogP) is 2.62. The van der Waals surface area contributed by atoms with Crippen LogP contribution >= 0.6 is 0 Å². The molecule has 0 saturated carbocycles. The van der Waals surface area contributed by atoms with Crippen LogP contribution in [0.4, 0.5) is 0 Å². The van der Waals surface area contributed by atoms with Crippen molar-refractivity contribution in [2.75, 3.05) is 19.6 Å². The summed E-state index contributed by atoms with van der Waals surface area (Å²) in [6.07, 6.45) is 2.59. The molecule has 0 aliphatic rings. The fourth-order valence-corrected chi connectivity index (χ4v) is 3.08. The molecule has 0 atom stereocenters. The van der Waals surface area contributed by atoms with Crippen LogP contribution in [0.5, 0.6) is 0 Å². The second-order valence-corrected chi connectivity index (χ2v) is 5.96. The van der Waals surface area contributed by atoms with Crippen molar-refractivity contribution < 1.29 is 0 Å². The van der Waals surface area contributed by atoms with E-state index in [0.717, 1.165) is 0 Å². The Labute approximate surface area is 92.4 Å². The van der Waals surface area contributed by atoms with Crippen molar-refractivity contribution in [2.45, 2.75) is 46.6 Å². The van der Waals surface area contributed by atoms with Crippen LogP contribution in [0.25, 0.3) is 0 Å². The Morgan fingerprint density at radius 3 is 2.07 bits per heavy atom. The van der Waals surface area contributed by atoms with Crippen LogP contribution in [-0.2, 0) is 0 Å². The zero-order valence-electron chi connectivity index (χ0n) is 10.5. The van der Waals surface area contributed by atoms with Gasteiger partial charge in [-0.2, -0.15) is 0 Å². The van der Waals surface area contributed by atoms with Gasteiger partial charge in [-0.05, 0) is 52.4 Å². The number of nitrogens with zero attached hydrogens (tertiary/aromatic N) is 1. The topological polar surface area (TPSA) is 3.24 Å². The number of hydrogen-bond acceptors (Lipinski definition) is 1. The number of rotatable bonds is 8. The summed E-state index contributed by atoms with van der Waals surface area (Å²) in [7, 11) is 0.0834. The van der Waals surface area contributed by atoms with Gasteiger partial charge in [0, 0.05) is 9.52 Å². The van der Waals surface area contributed by atoms with Crippen LogP contribution in [0.3, 0.4) is 0 Å². The Kier molecular flexibility index (Phi) is 9.41. The first kappa shape index (κ1) is 13.9. The summed E-state index contributed by atoms with van der Waals surface area (Å²) in [6, 6.07) is 1.45. The van der Waals surface area contributed by atoms with Crippen molar-refractivity contribution in [3.63, 3.8) is 0 Å². The van der Waals surface area contributed by atoms with Crippen LogP contribution < -0.4 is 0 Å².